The Morgan fingerprint density at radius 3 is 0.981 bits per heavy atom. The topological polar surface area (TPSA) is 310 Å². The third kappa shape index (κ3) is 14.0. The number of carbonyl (C=O) groups is 4. The van der Waals surface area contributed by atoms with Gasteiger partial charge in [0.2, 0.25) is 11.8 Å². The third-order valence-electron chi connectivity index (χ3n) is 6.09. The van der Waals surface area contributed by atoms with Gasteiger partial charge in [0.15, 0.2) is 0 Å². The van der Waals surface area contributed by atoms with E-state index in [1.807, 2.05) is 0 Å². The predicted octanol–water partition coefficient (Wildman–Crippen LogP) is 3.04. The van der Waals surface area contributed by atoms with Crippen LogP contribution >= 0.6 is 0 Å². The Hall–Kier alpha value is -4.94. The summed E-state index contributed by atoms with van der Waals surface area (Å²) in [5.41, 5.74) is 0.701. The smallest absolute Gasteiger partial charge is 0.295 e. The molecule has 18 nitrogen and oxygen atoms in total. The zero-order valence-corrected chi connectivity index (χ0v) is 30.1. The molecule has 0 atom stereocenters. The van der Waals surface area contributed by atoms with Crippen molar-refractivity contribution in [1.29, 1.82) is 0 Å². The lowest BCUT2D eigenvalue weighted by atomic mass is 10.1. The van der Waals surface area contributed by atoms with E-state index in [9.17, 15) is 52.8 Å². The fourth-order valence-electron chi connectivity index (χ4n) is 3.99. The van der Waals surface area contributed by atoms with Crippen LogP contribution in [0.3, 0.4) is 0 Å². The molecule has 52 heavy (non-hydrogen) atoms. The molecule has 4 rings (SSSR count). The second-order valence-electron chi connectivity index (χ2n) is 10.4. The molecule has 0 unspecified atom stereocenters. The highest BCUT2D eigenvalue weighted by molar-refractivity contribution is 7.86. The van der Waals surface area contributed by atoms with Gasteiger partial charge < -0.3 is 10.6 Å². The highest BCUT2D eigenvalue weighted by Crippen LogP contribution is 2.28. The zero-order valence-electron chi connectivity index (χ0n) is 26.8. The van der Waals surface area contributed by atoms with Crippen LogP contribution in [-0.2, 0) is 59.7 Å². The number of hydrogen-bond acceptors (Lipinski definition) is 12. The van der Waals surface area contributed by atoms with Gasteiger partial charge in [0, 0.05) is 22.1 Å². The van der Waals surface area contributed by atoms with Gasteiger partial charge in [0.1, 0.15) is 21.4 Å². The fraction of sp³-hybridized carbons (Fsp3) is 0.133. The summed E-state index contributed by atoms with van der Waals surface area (Å²) in [6.07, 6.45) is -0.472. The van der Waals surface area contributed by atoms with E-state index in [1.54, 1.807) is 0 Å². The fourth-order valence-corrected chi connectivity index (χ4v) is 6.36. The number of Topliss-reactive ketones (excluding diaryl/α,β-unsaturated/α-hetero) is 2. The number of nitrogens with one attached hydrogen (secondary N) is 2. The van der Waals surface area contributed by atoms with E-state index in [0.717, 1.165) is 36.4 Å². The van der Waals surface area contributed by atoms with Gasteiger partial charge in [0.05, 0.1) is 22.6 Å². The molecule has 0 aliphatic heterocycles. The van der Waals surface area contributed by atoms with E-state index >= 15 is 0 Å². The Balaban J connectivity index is 0.000000270. The summed E-state index contributed by atoms with van der Waals surface area (Å²) in [5.74, 6) is -1.48. The average molecular weight is 803 g/mol. The van der Waals surface area contributed by atoms with Crippen LogP contribution in [0.2, 0.25) is 0 Å². The summed E-state index contributed by atoms with van der Waals surface area (Å²) < 4.78 is 123. The molecule has 6 N–H and O–H groups in total. The molecular formula is C30H30N2O16S4. The van der Waals surface area contributed by atoms with Gasteiger partial charge in [-0.2, -0.15) is 33.7 Å². The van der Waals surface area contributed by atoms with E-state index in [1.165, 1.54) is 62.4 Å². The molecule has 0 radical (unpaired) electrons. The molecule has 4 aromatic rings. The quantitative estimate of drug-likeness (QED) is 0.0991. The molecule has 2 amide bonds. The van der Waals surface area contributed by atoms with Crippen molar-refractivity contribution < 1.29 is 71.1 Å². The second-order valence-corrected chi connectivity index (χ2v) is 16.0. The van der Waals surface area contributed by atoms with Crippen molar-refractivity contribution >= 4 is 86.0 Å². The monoisotopic (exact) mass is 802 g/mol. The van der Waals surface area contributed by atoms with Gasteiger partial charge >= 0.3 is 0 Å². The number of hydrogen-bond donors (Lipinski definition) is 6. The second kappa shape index (κ2) is 17.5. The number of amides is 2. The van der Waals surface area contributed by atoms with Crippen molar-refractivity contribution in [2.45, 2.75) is 46.3 Å². The Morgan fingerprint density at radius 2 is 0.750 bits per heavy atom. The predicted molar refractivity (Wildman–Crippen MR) is 184 cm³/mol. The summed E-state index contributed by atoms with van der Waals surface area (Å²) >= 11 is 0. The minimum Gasteiger partial charge on any atom is -0.326 e. The Labute approximate surface area is 297 Å². The molecule has 4 aromatic carbocycles. The average Bonchev–Trinajstić information content (AvgIpc) is 2.99. The van der Waals surface area contributed by atoms with Crippen molar-refractivity contribution in [2.75, 3.05) is 10.6 Å². The number of fused-ring (bicyclic) bond motifs is 1. The van der Waals surface area contributed by atoms with Crippen LogP contribution in [0.25, 0.3) is 10.8 Å². The van der Waals surface area contributed by atoms with Crippen LogP contribution in [0, 0.1) is 0 Å². The van der Waals surface area contributed by atoms with E-state index in [0.29, 0.717) is 11.4 Å². The zero-order chi connectivity index (χ0) is 39.7. The van der Waals surface area contributed by atoms with E-state index in [4.69, 9.17) is 18.2 Å². The van der Waals surface area contributed by atoms with Crippen molar-refractivity contribution in [3.63, 3.8) is 0 Å². The lowest BCUT2D eigenvalue weighted by Gasteiger charge is -2.06. The van der Waals surface area contributed by atoms with Gasteiger partial charge in [-0.05, 0) is 74.5 Å². The van der Waals surface area contributed by atoms with Gasteiger partial charge in [-0.3, -0.25) is 37.4 Å². The van der Waals surface area contributed by atoms with Gasteiger partial charge in [-0.15, -0.1) is 0 Å². The van der Waals surface area contributed by atoms with Crippen LogP contribution in [-0.4, -0.2) is 75.3 Å². The number of anilines is 2. The first-order chi connectivity index (χ1) is 23.8. The molecule has 22 heteroatoms. The molecule has 0 aliphatic rings. The van der Waals surface area contributed by atoms with Crippen LogP contribution in [0.4, 0.5) is 11.4 Å². The maximum atomic E-state index is 11.2. The summed E-state index contributed by atoms with van der Waals surface area (Å²) in [7, 11) is -17.4. The van der Waals surface area contributed by atoms with Crippen molar-refractivity contribution in [1.82, 2.24) is 0 Å². The van der Waals surface area contributed by atoms with Gasteiger partial charge in [0.25, 0.3) is 40.5 Å². The van der Waals surface area contributed by atoms with Crippen LogP contribution in [0.15, 0.2) is 105 Å². The van der Waals surface area contributed by atoms with Gasteiger partial charge in [-0.25, -0.2) is 0 Å². The largest absolute Gasteiger partial charge is 0.326 e. The number of benzene rings is 4. The molecule has 0 aromatic heterocycles. The van der Waals surface area contributed by atoms with E-state index in [2.05, 4.69) is 10.6 Å². The maximum Gasteiger partial charge on any atom is 0.295 e. The first-order valence-electron chi connectivity index (χ1n) is 14.0. The van der Waals surface area contributed by atoms with E-state index in [-0.39, 0.29) is 45.0 Å². The molecule has 0 saturated heterocycles. The lowest BCUT2D eigenvalue weighted by Crippen LogP contribution is -2.14. The standard InChI is InChI=1S/2C10H11NO5S.C10H8O6S2/c2*1-7(12)6-10(13)11-8-2-4-9(5-3-8)17(14,15)16;11-17(12,13)9-5-1-3-7-8(9)4-2-6-10(7)18(14,15)16/h2*2-5H,6H2,1H3,(H,11,13)(H,14,15,16);1-6H,(H,11,12,13)(H,14,15,16). The molecule has 280 valence electrons. The van der Waals surface area contributed by atoms with Gasteiger partial charge in [-0.1, -0.05) is 24.3 Å². The summed E-state index contributed by atoms with van der Waals surface area (Å²) in [6, 6.07) is 17.4. The first-order valence-corrected chi connectivity index (χ1v) is 19.8. The first kappa shape index (κ1) is 43.2. The molecule has 0 saturated carbocycles. The minimum atomic E-state index is -4.47. The number of rotatable bonds is 10. The number of ketones is 2. The Morgan fingerprint density at radius 1 is 0.462 bits per heavy atom. The van der Waals surface area contributed by atoms with Crippen molar-refractivity contribution in [3.05, 3.63) is 84.9 Å². The normalized spacial score (nSPS) is 11.6. The molecule has 0 bridgehead atoms. The minimum absolute atomic E-state index is 0.0233. The third-order valence-corrected chi connectivity index (χ3v) is 9.65. The van der Waals surface area contributed by atoms with Crippen molar-refractivity contribution in [2.24, 2.45) is 0 Å². The summed E-state index contributed by atoms with van der Waals surface area (Å²) in [6.45, 7) is 2.59. The SMILES string of the molecule is CC(=O)CC(=O)Nc1ccc(S(=O)(=O)O)cc1.CC(=O)CC(=O)Nc1ccc(S(=O)(=O)O)cc1.O=S(=O)(O)c1cccc2c(S(=O)(=O)O)cccc12. The number of carbonyl (C=O) groups excluding carboxylic acids is 4. The van der Waals surface area contributed by atoms with Crippen molar-refractivity contribution in [3.8, 4) is 0 Å². The molecular weight excluding hydrogens is 773 g/mol. The Kier molecular flexibility index (Phi) is 14.6. The summed E-state index contributed by atoms with van der Waals surface area (Å²) in [4.78, 5) is 42.4. The molecule has 0 heterocycles. The van der Waals surface area contributed by atoms with Crippen LogP contribution < -0.4 is 10.6 Å². The lowest BCUT2D eigenvalue weighted by molar-refractivity contribution is -0.125. The molecule has 0 spiro atoms. The highest BCUT2D eigenvalue weighted by atomic mass is 32.2. The maximum absolute atomic E-state index is 11.2. The molecule has 0 fully saturated rings. The highest BCUT2D eigenvalue weighted by Gasteiger charge is 2.19. The molecule has 0 aliphatic carbocycles. The Bertz CT molecular complexity index is 2260. The summed E-state index contributed by atoms with van der Waals surface area (Å²) in [5, 5.41) is 4.88. The van der Waals surface area contributed by atoms with E-state index < -0.39 is 62.1 Å². The van der Waals surface area contributed by atoms with Crippen LogP contribution in [0.5, 0.6) is 0 Å². The van der Waals surface area contributed by atoms with Crippen LogP contribution in [0.1, 0.15) is 26.7 Å².